The summed E-state index contributed by atoms with van der Waals surface area (Å²) < 4.78 is 6.86. The van der Waals surface area contributed by atoms with E-state index in [9.17, 15) is 14.4 Å². The number of nitrogens with zero attached hydrogens (tertiary/aromatic N) is 3. The normalized spacial score (nSPS) is 10.9. The van der Waals surface area contributed by atoms with E-state index in [1.54, 1.807) is 23.0 Å². The number of esters is 1. The number of ether oxygens (including phenoxy) is 1. The van der Waals surface area contributed by atoms with E-state index in [-0.39, 0.29) is 30.9 Å². The molecule has 164 valence electrons. The van der Waals surface area contributed by atoms with Crippen LogP contribution in [0, 0.1) is 0 Å². The number of aromatic nitrogens is 2. The van der Waals surface area contributed by atoms with Crippen LogP contribution in [0.1, 0.15) is 36.8 Å². The minimum atomic E-state index is -0.521. The van der Waals surface area contributed by atoms with Crippen molar-refractivity contribution < 1.29 is 14.3 Å². The summed E-state index contributed by atoms with van der Waals surface area (Å²) in [5.74, 6) is -0.792. The lowest BCUT2D eigenvalue weighted by Gasteiger charge is -2.16. The van der Waals surface area contributed by atoms with E-state index in [0.29, 0.717) is 18.8 Å². The highest BCUT2D eigenvalue weighted by atomic mass is 32.1. The summed E-state index contributed by atoms with van der Waals surface area (Å²) in [6.07, 6.45) is 2.03. The molecule has 2 heterocycles. The molecular weight excluding hydrogens is 414 g/mol. The molecule has 0 unspecified atom stereocenters. The van der Waals surface area contributed by atoms with Crippen LogP contribution in [0.3, 0.4) is 0 Å². The minimum Gasteiger partial charge on any atom is -0.456 e. The zero-order valence-corrected chi connectivity index (χ0v) is 18.7. The van der Waals surface area contributed by atoms with Gasteiger partial charge in [-0.05, 0) is 30.0 Å². The number of para-hydroxylation sites is 2. The molecule has 0 radical (unpaired) electrons. The molecule has 3 rings (SSSR count). The molecule has 0 fully saturated rings. The molecule has 0 aliphatic heterocycles. The average molecular weight is 442 g/mol. The van der Waals surface area contributed by atoms with Crippen LogP contribution in [-0.2, 0) is 33.8 Å². The van der Waals surface area contributed by atoms with Crippen LogP contribution in [0.15, 0.2) is 46.6 Å². The monoisotopic (exact) mass is 441 g/mol. The van der Waals surface area contributed by atoms with Gasteiger partial charge in [0.05, 0.1) is 24.0 Å². The molecule has 0 N–H and O–H groups in total. The van der Waals surface area contributed by atoms with Crippen LogP contribution in [0.2, 0.25) is 0 Å². The number of amides is 1. The molecule has 0 saturated heterocycles. The third-order valence-corrected chi connectivity index (χ3v) is 5.84. The Morgan fingerprint density at radius 2 is 2.00 bits per heavy atom. The Hall–Kier alpha value is -3.00. The Kier molecular flexibility index (Phi) is 7.94. The fourth-order valence-electron chi connectivity index (χ4n) is 3.22. The van der Waals surface area contributed by atoms with Crippen molar-refractivity contribution >= 4 is 34.2 Å². The second kappa shape index (κ2) is 10.9. The topological polar surface area (TPSA) is 81.5 Å². The van der Waals surface area contributed by atoms with Crippen LogP contribution in [0.5, 0.6) is 0 Å². The third-order valence-electron chi connectivity index (χ3n) is 4.98. The van der Waals surface area contributed by atoms with E-state index in [2.05, 4.69) is 11.9 Å². The van der Waals surface area contributed by atoms with Gasteiger partial charge in [0.1, 0.15) is 5.69 Å². The first-order valence-corrected chi connectivity index (χ1v) is 11.3. The number of hydrogen-bond acceptors (Lipinski definition) is 6. The second-order valence-electron chi connectivity index (χ2n) is 7.35. The van der Waals surface area contributed by atoms with Gasteiger partial charge in [-0.25, -0.2) is 4.98 Å². The second-order valence-corrected chi connectivity index (χ2v) is 8.38. The van der Waals surface area contributed by atoms with Crippen molar-refractivity contribution in [3.05, 3.63) is 62.7 Å². The molecule has 2 aromatic heterocycles. The quantitative estimate of drug-likeness (QED) is 0.451. The van der Waals surface area contributed by atoms with Crippen molar-refractivity contribution in [2.45, 2.75) is 45.7 Å². The van der Waals surface area contributed by atoms with Gasteiger partial charge in [0.15, 0.2) is 6.61 Å². The van der Waals surface area contributed by atoms with Crippen molar-refractivity contribution in [1.82, 2.24) is 14.5 Å². The van der Waals surface area contributed by atoms with Gasteiger partial charge in [0, 0.05) is 24.9 Å². The van der Waals surface area contributed by atoms with Gasteiger partial charge in [-0.15, -0.1) is 11.3 Å². The minimum absolute atomic E-state index is 0.00369. The van der Waals surface area contributed by atoms with E-state index in [4.69, 9.17) is 4.74 Å². The van der Waals surface area contributed by atoms with Crippen LogP contribution in [0.25, 0.3) is 11.0 Å². The predicted molar refractivity (Wildman–Crippen MR) is 121 cm³/mol. The number of unbranched alkanes of at least 4 members (excludes halogenated alkanes) is 1. The highest BCUT2D eigenvalue weighted by Gasteiger charge is 2.15. The van der Waals surface area contributed by atoms with Crippen molar-refractivity contribution in [1.29, 1.82) is 0 Å². The van der Waals surface area contributed by atoms with Gasteiger partial charge in [-0.1, -0.05) is 31.5 Å². The summed E-state index contributed by atoms with van der Waals surface area (Å²) in [5.41, 5.74) is 1.69. The molecule has 1 amide bonds. The number of likely N-dealkylation sites (N-methyl/N-ethyl adjacent to an activating group) is 1. The zero-order valence-electron chi connectivity index (χ0n) is 17.9. The Labute approximate surface area is 185 Å². The molecule has 0 aliphatic rings. The van der Waals surface area contributed by atoms with E-state index in [1.807, 2.05) is 41.8 Å². The summed E-state index contributed by atoms with van der Waals surface area (Å²) in [5, 5.41) is 1.95. The third kappa shape index (κ3) is 6.01. The predicted octanol–water partition coefficient (Wildman–Crippen LogP) is 3.39. The summed E-state index contributed by atoms with van der Waals surface area (Å²) in [6, 6.07) is 11.4. The molecule has 7 nitrogen and oxygen atoms in total. The number of rotatable bonds is 10. The number of benzene rings is 1. The standard InChI is InChI=1S/C23H27N3O4S/c1-3-4-13-26-20-10-6-5-9-18(20)24-19(23(26)29)11-12-22(28)30-16-21(27)25(2)15-17-8-7-14-31-17/h5-10,14H,3-4,11-13,15-16H2,1-2H3. The Balaban J connectivity index is 1.59. The highest BCUT2D eigenvalue weighted by Crippen LogP contribution is 2.13. The van der Waals surface area contributed by atoms with Crippen LogP contribution in [0.4, 0.5) is 0 Å². The number of hydrogen-bond donors (Lipinski definition) is 0. The maximum atomic E-state index is 12.9. The fraction of sp³-hybridized carbons (Fsp3) is 0.391. The molecule has 0 aliphatic carbocycles. The lowest BCUT2D eigenvalue weighted by molar-refractivity contribution is -0.151. The smallest absolute Gasteiger partial charge is 0.306 e. The molecule has 8 heteroatoms. The van der Waals surface area contributed by atoms with Crippen LogP contribution >= 0.6 is 11.3 Å². The SMILES string of the molecule is CCCCn1c(=O)c(CCC(=O)OCC(=O)N(C)Cc2cccs2)nc2ccccc21. The lowest BCUT2D eigenvalue weighted by Crippen LogP contribution is -2.31. The fourth-order valence-corrected chi connectivity index (χ4v) is 3.97. The first kappa shape index (κ1) is 22.7. The van der Waals surface area contributed by atoms with Crippen molar-refractivity contribution in [3.63, 3.8) is 0 Å². The van der Waals surface area contributed by atoms with Gasteiger partial charge in [0.2, 0.25) is 0 Å². The summed E-state index contributed by atoms with van der Waals surface area (Å²) in [4.78, 5) is 44.3. The van der Waals surface area contributed by atoms with Gasteiger partial charge in [-0.2, -0.15) is 0 Å². The number of thiophene rings is 1. The molecule has 0 bridgehead atoms. The first-order chi connectivity index (χ1) is 15.0. The lowest BCUT2D eigenvalue weighted by atomic mass is 10.2. The summed E-state index contributed by atoms with van der Waals surface area (Å²) in [7, 11) is 1.67. The molecule has 0 spiro atoms. The van der Waals surface area contributed by atoms with Gasteiger partial charge >= 0.3 is 5.97 Å². The molecule has 1 aromatic carbocycles. The zero-order chi connectivity index (χ0) is 22.2. The molecule has 31 heavy (non-hydrogen) atoms. The van der Waals surface area contributed by atoms with Gasteiger partial charge in [-0.3, -0.25) is 14.4 Å². The largest absolute Gasteiger partial charge is 0.456 e. The summed E-state index contributed by atoms with van der Waals surface area (Å²) in [6.45, 7) is 2.85. The first-order valence-electron chi connectivity index (χ1n) is 10.4. The number of carbonyl (C=O) groups excluding carboxylic acids is 2. The van der Waals surface area contributed by atoms with Crippen molar-refractivity contribution in [2.24, 2.45) is 0 Å². The summed E-state index contributed by atoms with van der Waals surface area (Å²) >= 11 is 1.57. The Bertz CT molecular complexity index is 1090. The molecule has 0 saturated carbocycles. The van der Waals surface area contributed by atoms with Crippen LogP contribution in [-0.4, -0.2) is 40.0 Å². The van der Waals surface area contributed by atoms with Crippen LogP contribution < -0.4 is 5.56 Å². The van der Waals surface area contributed by atoms with Crippen molar-refractivity contribution in [2.75, 3.05) is 13.7 Å². The molecule has 3 aromatic rings. The van der Waals surface area contributed by atoms with E-state index in [0.717, 1.165) is 28.8 Å². The molecule has 0 atom stereocenters. The Morgan fingerprint density at radius 1 is 1.19 bits per heavy atom. The number of aryl methyl sites for hydroxylation is 2. The number of fused-ring (bicyclic) bond motifs is 1. The van der Waals surface area contributed by atoms with E-state index < -0.39 is 5.97 Å². The maximum Gasteiger partial charge on any atom is 0.306 e. The Morgan fingerprint density at radius 3 is 2.74 bits per heavy atom. The van der Waals surface area contributed by atoms with E-state index >= 15 is 0 Å². The molecular formula is C23H27N3O4S. The maximum absolute atomic E-state index is 12.9. The average Bonchev–Trinajstić information content (AvgIpc) is 3.28. The van der Waals surface area contributed by atoms with Gasteiger partial charge < -0.3 is 14.2 Å². The van der Waals surface area contributed by atoms with Gasteiger partial charge in [0.25, 0.3) is 11.5 Å². The highest BCUT2D eigenvalue weighted by molar-refractivity contribution is 7.09. The van der Waals surface area contributed by atoms with E-state index in [1.165, 1.54) is 4.90 Å². The number of carbonyl (C=O) groups is 2. The van der Waals surface area contributed by atoms with Crippen molar-refractivity contribution in [3.8, 4) is 0 Å².